The zero-order valence-corrected chi connectivity index (χ0v) is 19.6. The standard InChI is InChI=1S/C25H21BrFN3O3/c1-3-22(24(31)30-19-11-9-17(26)13-18(19)27)33-25(32)16-8-10-20-21(12-16)29-23(28-20)15-6-4-14(2)5-7-15/h4-13,22H,3H2,1-2H3,(H,28,29)(H,30,31). The molecule has 4 rings (SSSR count). The van der Waals surface area contributed by atoms with Crippen molar-refractivity contribution >= 4 is 44.5 Å². The lowest BCUT2D eigenvalue weighted by Crippen LogP contribution is -2.32. The number of imidazole rings is 1. The van der Waals surface area contributed by atoms with E-state index < -0.39 is 23.8 Å². The van der Waals surface area contributed by atoms with Gasteiger partial charge in [0.25, 0.3) is 5.91 Å². The van der Waals surface area contributed by atoms with Gasteiger partial charge < -0.3 is 15.0 Å². The van der Waals surface area contributed by atoms with Gasteiger partial charge in [0.2, 0.25) is 0 Å². The van der Waals surface area contributed by atoms with Crippen molar-refractivity contribution in [2.24, 2.45) is 0 Å². The Balaban J connectivity index is 1.49. The van der Waals surface area contributed by atoms with E-state index in [-0.39, 0.29) is 17.7 Å². The van der Waals surface area contributed by atoms with Gasteiger partial charge in [-0.2, -0.15) is 0 Å². The predicted molar refractivity (Wildman–Crippen MR) is 128 cm³/mol. The Hall–Kier alpha value is -3.52. The van der Waals surface area contributed by atoms with Crippen molar-refractivity contribution in [1.82, 2.24) is 9.97 Å². The molecule has 4 aromatic rings. The molecule has 0 aliphatic rings. The summed E-state index contributed by atoms with van der Waals surface area (Å²) in [5, 5.41) is 2.47. The van der Waals surface area contributed by atoms with E-state index in [1.54, 1.807) is 31.2 Å². The summed E-state index contributed by atoms with van der Waals surface area (Å²) in [6.45, 7) is 3.72. The molecular formula is C25H21BrFN3O3. The molecule has 3 aromatic carbocycles. The molecule has 6 nitrogen and oxygen atoms in total. The zero-order valence-electron chi connectivity index (χ0n) is 18.0. The van der Waals surface area contributed by atoms with Gasteiger partial charge in [0, 0.05) is 10.0 Å². The predicted octanol–water partition coefficient (Wildman–Crippen LogP) is 6.01. The molecule has 1 aromatic heterocycles. The summed E-state index contributed by atoms with van der Waals surface area (Å²) >= 11 is 3.17. The van der Waals surface area contributed by atoms with Crippen molar-refractivity contribution in [3.8, 4) is 11.4 Å². The first kappa shape index (κ1) is 22.7. The third-order valence-corrected chi connectivity index (χ3v) is 5.64. The molecule has 1 amide bonds. The average Bonchev–Trinajstić information content (AvgIpc) is 3.23. The van der Waals surface area contributed by atoms with Crippen LogP contribution in [0.15, 0.2) is 65.1 Å². The number of fused-ring (bicyclic) bond motifs is 1. The maximum atomic E-state index is 14.0. The summed E-state index contributed by atoms with van der Waals surface area (Å²) in [7, 11) is 0. The van der Waals surface area contributed by atoms with Gasteiger partial charge in [0.15, 0.2) is 6.10 Å². The van der Waals surface area contributed by atoms with E-state index in [4.69, 9.17) is 4.74 Å². The second kappa shape index (κ2) is 9.54. The number of aryl methyl sites for hydroxylation is 1. The minimum atomic E-state index is -1.07. The highest BCUT2D eigenvalue weighted by Gasteiger charge is 2.23. The van der Waals surface area contributed by atoms with Gasteiger partial charge in [0.1, 0.15) is 11.6 Å². The molecule has 168 valence electrons. The number of amides is 1. The van der Waals surface area contributed by atoms with E-state index in [1.165, 1.54) is 12.1 Å². The van der Waals surface area contributed by atoms with Gasteiger partial charge in [-0.05, 0) is 49.7 Å². The highest BCUT2D eigenvalue weighted by Crippen LogP contribution is 2.23. The first-order valence-corrected chi connectivity index (χ1v) is 11.2. The Morgan fingerprint density at radius 1 is 1.12 bits per heavy atom. The number of aromatic amines is 1. The number of esters is 1. The molecule has 0 radical (unpaired) electrons. The van der Waals surface area contributed by atoms with Crippen molar-refractivity contribution in [3.63, 3.8) is 0 Å². The largest absolute Gasteiger partial charge is 0.449 e. The lowest BCUT2D eigenvalue weighted by molar-refractivity contribution is -0.124. The van der Waals surface area contributed by atoms with Crippen LogP contribution >= 0.6 is 15.9 Å². The van der Waals surface area contributed by atoms with E-state index in [9.17, 15) is 14.0 Å². The molecule has 1 atom stereocenters. The Bertz CT molecular complexity index is 1330. The Kier molecular flexibility index (Phi) is 6.55. The van der Waals surface area contributed by atoms with Gasteiger partial charge in [0.05, 0.1) is 22.3 Å². The highest BCUT2D eigenvalue weighted by atomic mass is 79.9. The Labute approximate surface area is 198 Å². The minimum Gasteiger partial charge on any atom is -0.449 e. The third-order valence-electron chi connectivity index (χ3n) is 5.14. The van der Waals surface area contributed by atoms with Crippen molar-refractivity contribution in [2.75, 3.05) is 5.32 Å². The first-order valence-electron chi connectivity index (χ1n) is 10.4. The Morgan fingerprint density at radius 2 is 1.88 bits per heavy atom. The van der Waals surface area contributed by atoms with Gasteiger partial charge in [-0.15, -0.1) is 0 Å². The smallest absolute Gasteiger partial charge is 0.338 e. The number of benzene rings is 3. The number of hydrogen-bond acceptors (Lipinski definition) is 4. The highest BCUT2D eigenvalue weighted by molar-refractivity contribution is 9.10. The number of carbonyl (C=O) groups is 2. The van der Waals surface area contributed by atoms with Gasteiger partial charge in [-0.25, -0.2) is 14.2 Å². The summed E-state index contributed by atoms with van der Waals surface area (Å²) in [5.74, 6) is -1.15. The minimum absolute atomic E-state index is 0.0141. The molecule has 1 unspecified atom stereocenters. The van der Waals surface area contributed by atoms with Crippen molar-refractivity contribution in [2.45, 2.75) is 26.4 Å². The topological polar surface area (TPSA) is 84.1 Å². The molecule has 8 heteroatoms. The molecule has 0 aliphatic carbocycles. The molecule has 0 saturated carbocycles. The fourth-order valence-electron chi connectivity index (χ4n) is 3.31. The van der Waals surface area contributed by atoms with Crippen LogP contribution in [0, 0.1) is 12.7 Å². The quantitative estimate of drug-likeness (QED) is 0.311. The number of nitrogens with zero attached hydrogens (tertiary/aromatic N) is 1. The monoisotopic (exact) mass is 509 g/mol. The third kappa shape index (κ3) is 5.12. The molecule has 0 bridgehead atoms. The van der Waals surface area contributed by atoms with E-state index in [1.807, 2.05) is 31.2 Å². The second-order valence-corrected chi connectivity index (χ2v) is 8.51. The molecule has 1 heterocycles. The second-order valence-electron chi connectivity index (χ2n) is 7.60. The first-order chi connectivity index (χ1) is 15.8. The average molecular weight is 510 g/mol. The lowest BCUT2D eigenvalue weighted by Gasteiger charge is -2.16. The molecule has 0 aliphatic heterocycles. The van der Waals surface area contributed by atoms with Crippen LogP contribution in [0.4, 0.5) is 10.1 Å². The number of carbonyl (C=O) groups excluding carboxylic acids is 2. The number of nitrogens with one attached hydrogen (secondary N) is 2. The SMILES string of the molecule is CCC(OC(=O)c1ccc2nc(-c3ccc(C)cc3)[nH]c2c1)C(=O)Nc1ccc(Br)cc1F. The van der Waals surface area contributed by atoms with Crippen LogP contribution in [0.25, 0.3) is 22.4 Å². The van der Waals surface area contributed by atoms with Crippen LogP contribution in [0.1, 0.15) is 29.3 Å². The molecule has 0 saturated heterocycles. The number of aromatic nitrogens is 2. The van der Waals surface area contributed by atoms with Gasteiger partial charge in [-0.3, -0.25) is 4.79 Å². The molecule has 0 spiro atoms. The number of ether oxygens (including phenoxy) is 1. The number of H-pyrrole nitrogens is 1. The fourth-order valence-corrected chi connectivity index (χ4v) is 3.64. The van der Waals surface area contributed by atoms with Crippen molar-refractivity contribution < 1.29 is 18.7 Å². The van der Waals surface area contributed by atoms with E-state index in [2.05, 4.69) is 31.2 Å². The van der Waals surface area contributed by atoms with Crippen LogP contribution in [0.3, 0.4) is 0 Å². The molecule has 0 fully saturated rings. The number of anilines is 1. The molecule has 2 N–H and O–H groups in total. The summed E-state index contributed by atoms with van der Waals surface area (Å²) < 4.78 is 20.0. The maximum absolute atomic E-state index is 14.0. The van der Waals surface area contributed by atoms with Crippen LogP contribution in [0.5, 0.6) is 0 Å². The number of halogens is 2. The van der Waals surface area contributed by atoms with Crippen LogP contribution < -0.4 is 5.32 Å². The van der Waals surface area contributed by atoms with E-state index in [0.717, 1.165) is 11.1 Å². The summed E-state index contributed by atoms with van der Waals surface area (Å²) in [4.78, 5) is 33.1. The maximum Gasteiger partial charge on any atom is 0.338 e. The lowest BCUT2D eigenvalue weighted by atomic mass is 10.1. The van der Waals surface area contributed by atoms with Crippen molar-refractivity contribution in [1.29, 1.82) is 0 Å². The number of hydrogen-bond donors (Lipinski definition) is 2. The van der Waals surface area contributed by atoms with E-state index in [0.29, 0.717) is 21.3 Å². The number of rotatable bonds is 6. The van der Waals surface area contributed by atoms with Crippen LogP contribution in [-0.4, -0.2) is 27.9 Å². The van der Waals surface area contributed by atoms with Crippen LogP contribution in [0.2, 0.25) is 0 Å². The van der Waals surface area contributed by atoms with Gasteiger partial charge in [-0.1, -0.05) is 52.7 Å². The van der Waals surface area contributed by atoms with Crippen LogP contribution in [-0.2, 0) is 9.53 Å². The van der Waals surface area contributed by atoms with E-state index >= 15 is 0 Å². The summed E-state index contributed by atoms with van der Waals surface area (Å²) in [6.07, 6.45) is -0.833. The summed E-state index contributed by atoms with van der Waals surface area (Å²) in [6, 6.07) is 17.2. The Morgan fingerprint density at radius 3 is 2.58 bits per heavy atom. The molecular weight excluding hydrogens is 489 g/mol. The summed E-state index contributed by atoms with van der Waals surface area (Å²) in [5.41, 5.74) is 3.76. The normalized spacial score (nSPS) is 11.9. The van der Waals surface area contributed by atoms with Crippen molar-refractivity contribution in [3.05, 3.63) is 82.1 Å². The molecule has 33 heavy (non-hydrogen) atoms. The van der Waals surface area contributed by atoms with Gasteiger partial charge >= 0.3 is 5.97 Å². The fraction of sp³-hybridized carbons (Fsp3) is 0.160. The zero-order chi connectivity index (χ0) is 23.5.